The number of rotatable bonds is 44. The zero-order valence-electron chi connectivity index (χ0n) is 41.2. The molecule has 0 spiro atoms. The molecule has 64 heavy (non-hydrogen) atoms. The van der Waals surface area contributed by atoms with Crippen LogP contribution in [0, 0.1) is 0 Å². The molecule has 0 amide bonds. The van der Waals surface area contributed by atoms with Gasteiger partial charge in [0.15, 0.2) is 6.10 Å². The lowest BCUT2D eigenvalue weighted by Crippen LogP contribution is -2.37. The van der Waals surface area contributed by atoms with E-state index in [1.807, 2.05) is 33.3 Å². The van der Waals surface area contributed by atoms with Crippen molar-refractivity contribution in [2.75, 3.05) is 47.5 Å². The number of ether oxygens (including phenoxy) is 2. The van der Waals surface area contributed by atoms with Crippen molar-refractivity contribution < 1.29 is 42.1 Å². The van der Waals surface area contributed by atoms with E-state index < -0.39 is 32.5 Å². The van der Waals surface area contributed by atoms with Gasteiger partial charge in [-0.3, -0.25) is 18.6 Å². The Labute approximate surface area is 392 Å². The molecule has 0 aliphatic heterocycles. The van der Waals surface area contributed by atoms with E-state index >= 15 is 0 Å². The number of unbranched alkanes of at least 4 members (excludes halogenated alkanes) is 14. The third-order valence-corrected chi connectivity index (χ3v) is 11.1. The number of carbonyl (C=O) groups is 2. The van der Waals surface area contributed by atoms with Gasteiger partial charge in [0, 0.05) is 12.8 Å². The lowest BCUT2D eigenvalue weighted by Gasteiger charge is -2.24. The first-order chi connectivity index (χ1) is 31.0. The number of phosphoric acid groups is 1. The van der Waals surface area contributed by atoms with Gasteiger partial charge in [0.1, 0.15) is 19.8 Å². The van der Waals surface area contributed by atoms with Crippen molar-refractivity contribution in [3.8, 4) is 0 Å². The minimum atomic E-state index is -4.41. The van der Waals surface area contributed by atoms with Crippen molar-refractivity contribution in [2.24, 2.45) is 0 Å². The molecule has 0 aliphatic rings. The van der Waals surface area contributed by atoms with Gasteiger partial charge in [-0.05, 0) is 83.5 Å². The lowest BCUT2D eigenvalue weighted by atomic mass is 10.1. The van der Waals surface area contributed by atoms with E-state index in [1.165, 1.54) is 70.6 Å². The summed E-state index contributed by atoms with van der Waals surface area (Å²) >= 11 is 0. The van der Waals surface area contributed by atoms with Crippen molar-refractivity contribution in [3.63, 3.8) is 0 Å². The van der Waals surface area contributed by atoms with Gasteiger partial charge < -0.3 is 18.9 Å². The maximum atomic E-state index is 12.7. The summed E-state index contributed by atoms with van der Waals surface area (Å²) in [5.41, 5.74) is 0. The van der Waals surface area contributed by atoms with Crippen LogP contribution in [0.25, 0.3) is 0 Å². The van der Waals surface area contributed by atoms with E-state index in [0.717, 1.165) is 77.0 Å². The van der Waals surface area contributed by atoms with Crippen LogP contribution in [0.5, 0.6) is 0 Å². The number of likely N-dealkylation sites (N-methyl/N-ethyl adjacent to an activating group) is 1. The third-order valence-electron chi connectivity index (χ3n) is 10.1. The summed E-state index contributed by atoms with van der Waals surface area (Å²) < 4.78 is 34.3. The van der Waals surface area contributed by atoms with Gasteiger partial charge in [0.25, 0.3) is 0 Å². The first-order valence-electron chi connectivity index (χ1n) is 25.0. The molecule has 0 aromatic carbocycles. The maximum Gasteiger partial charge on any atom is 0.472 e. The lowest BCUT2D eigenvalue weighted by molar-refractivity contribution is -0.870. The maximum absolute atomic E-state index is 12.7. The normalized spacial score (nSPS) is 14.3. The molecule has 0 fully saturated rings. The first kappa shape index (κ1) is 60.9. The third kappa shape index (κ3) is 48.4. The molecule has 0 saturated heterocycles. The number of allylic oxidation sites excluding steroid dienone is 16. The molecule has 366 valence electrons. The van der Waals surface area contributed by atoms with Crippen molar-refractivity contribution in [1.29, 1.82) is 0 Å². The molecule has 1 N–H and O–H groups in total. The minimum absolute atomic E-state index is 0.0122. The molecule has 0 aliphatic carbocycles. The summed E-state index contributed by atoms with van der Waals surface area (Å²) in [6, 6.07) is 0. The molecule has 2 unspecified atom stereocenters. The average molecular weight is 915 g/mol. The number of hydrogen-bond donors (Lipinski definition) is 1. The quantitative estimate of drug-likeness (QED) is 0.0212. The van der Waals surface area contributed by atoms with Crippen LogP contribution in [0.4, 0.5) is 0 Å². The Bertz CT molecular complexity index is 1400. The van der Waals surface area contributed by atoms with E-state index in [2.05, 4.69) is 98.9 Å². The smallest absolute Gasteiger partial charge is 0.462 e. The number of quaternary nitrogens is 1. The summed E-state index contributed by atoms with van der Waals surface area (Å²) in [7, 11) is 1.41. The summed E-state index contributed by atoms with van der Waals surface area (Å²) in [5, 5.41) is 0. The molecule has 0 bridgehead atoms. The fraction of sp³-hybridized carbons (Fsp3) is 0.667. The van der Waals surface area contributed by atoms with E-state index in [9.17, 15) is 19.0 Å². The van der Waals surface area contributed by atoms with Crippen LogP contribution >= 0.6 is 7.82 Å². The zero-order valence-corrected chi connectivity index (χ0v) is 42.1. The molecule has 2 atom stereocenters. The summed E-state index contributed by atoms with van der Waals surface area (Å²) in [5.74, 6) is -0.907. The fourth-order valence-corrected chi connectivity index (χ4v) is 6.99. The molecule has 9 nitrogen and oxygen atoms in total. The molecule has 0 rings (SSSR count). The minimum Gasteiger partial charge on any atom is -0.462 e. The van der Waals surface area contributed by atoms with Crippen LogP contribution in [0.1, 0.15) is 181 Å². The Hall–Kier alpha value is -3.07. The highest BCUT2D eigenvalue weighted by Crippen LogP contribution is 2.43. The van der Waals surface area contributed by atoms with Crippen molar-refractivity contribution in [1.82, 2.24) is 0 Å². The van der Waals surface area contributed by atoms with Crippen molar-refractivity contribution in [2.45, 2.75) is 187 Å². The van der Waals surface area contributed by atoms with Crippen LogP contribution in [-0.2, 0) is 32.7 Å². The largest absolute Gasteiger partial charge is 0.472 e. The van der Waals surface area contributed by atoms with Gasteiger partial charge in [0.2, 0.25) is 0 Å². The molecule has 0 radical (unpaired) electrons. The number of phosphoric ester groups is 1. The second kappa shape index (κ2) is 45.1. The predicted octanol–water partition coefficient (Wildman–Crippen LogP) is 14.9. The molecular weight excluding hydrogens is 822 g/mol. The van der Waals surface area contributed by atoms with Gasteiger partial charge in [-0.25, -0.2) is 4.57 Å². The van der Waals surface area contributed by atoms with E-state index in [1.54, 1.807) is 0 Å². The standard InChI is InChI=1S/C54H92NO8P/c1-6-8-10-12-14-16-18-20-22-24-26-27-29-30-32-34-36-38-40-42-44-46-53(56)60-50-52(51-62-64(58,59)61-49-48-55(3,4)5)63-54(57)47-45-43-41-39-37-35-33-31-28-25-23-21-19-17-15-13-11-9-7-2/h9,11,15,17-18,20-21,23-24,26,28,31,35,37,41,43,52H,6-8,10,12-14,16,19,22,25,27,29-30,32-34,36,38-40,42,44-51H2,1-5H3/p+1/b11-9-,17-15-,20-18-,23-21-,26-24-,31-28-,37-35-,43-41-. The zero-order chi connectivity index (χ0) is 47.1. The van der Waals surface area contributed by atoms with E-state index in [0.29, 0.717) is 17.4 Å². The van der Waals surface area contributed by atoms with Crippen molar-refractivity contribution >= 4 is 19.8 Å². The van der Waals surface area contributed by atoms with Gasteiger partial charge in [-0.1, -0.05) is 182 Å². The van der Waals surface area contributed by atoms with Crippen LogP contribution in [0.15, 0.2) is 97.2 Å². The fourth-order valence-electron chi connectivity index (χ4n) is 6.25. The highest BCUT2D eigenvalue weighted by Gasteiger charge is 2.27. The Morgan fingerprint density at radius 2 is 0.922 bits per heavy atom. The average Bonchev–Trinajstić information content (AvgIpc) is 3.25. The molecule has 0 aromatic heterocycles. The van der Waals surface area contributed by atoms with Crippen LogP contribution in [-0.4, -0.2) is 74.9 Å². The monoisotopic (exact) mass is 915 g/mol. The highest BCUT2D eigenvalue weighted by atomic mass is 31.2. The topological polar surface area (TPSA) is 108 Å². The second-order valence-corrected chi connectivity index (χ2v) is 18.9. The summed E-state index contributed by atoms with van der Waals surface area (Å²) in [6.07, 6.45) is 60.5. The Morgan fingerprint density at radius 1 is 0.500 bits per heavy atom. The number of nitrogens with zero attached hydrogens (tertiary/aromatic N) is 1. The Morgan fingerprint density at radius 3 is 1.39 bits per heavy atom. The van der Waals surface area contributed by atoms with Gasteiger partial charge in [-0.15, -0.1) is 0 Å². The second-order valence-electron chi connectivity index (χ2n) is 17.5. The Balaban J connectivity index is 4.40. The van der Waals surface area contributed by atoms with Gasteiger partial charge in [-0.2, -0.15) is 0 Å². The Kier molecular flexibility index (Phi) is 42.9. The first-order valence-corrected chi connectivity index (χ1v) is 26.5. The molecule has 0 heterocycles. The van der Waals surface area contributed by atoms with Crippen LogP contribution < -0.4 is 0 Å². The number of hydrogen-bond acceptors (Lipinski definition) is 7. The molecule has 0 aromatic rings. The SMILES string of the molecule is CC/C=C\C/C=C\C/C=C\C/C=C\C/C=C\C/C=C\CCC(=O)OC(COC(=O)CCCCCCCCCCC/C=C\C/C=C\CCCCCCC)COP(=O)(O)OCC[N+](C)(C)C. The predicted molar refractivity (Wildman–Crippen MR) is 270 cm³/mol. The van der Waals surface area contributed by atoms with Gasteiger partial charge >= 0.3 is 19.8 Å². The summed E-state index contributed by atoms with van der Waals surface area (Å²) in [6.45, 7) is 4.20. The van der Waals surface area contributed by atoms with Gasteiger partial charge in [0.05, 0.1) is 27.7 Å². The highest BCUT2D eigenvalue weighted by molar-refractivity contribution is 7.47. The van der Waals surface area contributed by atoms with Crippen molar-refractivity contribution in [3.05, 3.63) is 97.2 Å². The number of carbonyl (C=O) groups excluding carboxylic acids is 2. The summed E-state index contributed by atoms with van der Waals surface area (Å²) in [4.78, 5) is 35.5. The molecular formula is C54H93NO8P+. The van der Waals surface area contributed by atoms with E-state index in [4.69, 9.17) is 18.5 Å². The number of esters is 2. The van der Waals surface area contributed by atoms with Crippen LogP contribution in [0.2, 0.25) is 0 Å². The van der Waals surface area contributed by atoms with Crippen LogP contribution in [0.3, 0.4) is 0 Å². The molecule has 10 heteroatoms. The molecule has 0 saturated carbocycles. The van der Waals surface area contributed by atoms with E-state index in [-0.39, 0.29) is 26.1 Å².